The second kappa shape index (κ2) is 7.31. The lowest BCUT2D eigenvalue weighted by Gasteiger charge is -2.06. The molecule has 5 nitrogen and oxygen atoms in total. The summed E-state index contributed by atoms with van der Waals surface area (Å²) in [5.74, 6) is 1.08. The molecule has 0 aliphatic carbocycles. The fourth-order valence-electron chi connectivity index (χ4n) is 2.37. The highest BCUT2D eigenvalue weighted by molar-refractivity contribution is 7.98. The van der Waals surface area contributed by atoms with Crippen molar-refractivity contribution in [2.45, 2.75) is 10.9 Å². The molecule has 4 rings (SSSR count). The summed E-state index contributed by atoms with van der Waals surface area (Å²) in [5.41, 5.74) is 1.60. The van der Waals surface area contributed by atoms with Gasteiger partial charge < -0.3 is 4.52 Å². The van der Waals surface area contributed by atoms with E-state index in [2.05, 4.69) is 15.1 Å². The van der Waals surface area contributed by atoms with Crippen molar-refractivity contribution in [1.82, 2.24) is 19.7 Å². The molecule has 4 aromatic rings. The molecule has 0 spiro atoms. The number of imidazole rings is 1. The van der Waals surface area contributed by atoms with Gasteiger partial charge in [0.1, 0.15) is 5.82 Å². The third-order valence-electron chi connectivity index (χ3n) is 3.58. The van der Waals surface area contributed by atoms with E-state index in [1.807, 2.05) is 35.0 Å². The summed E-state index contributed by atoms with van der Waals surface area (Å²) in [6, 6.07) is 13.5. The minimum atomic E-state index is -0.308. The Hall–Kier alpha value is -2.64. The Morgan fingerprint density at radius 3 is 2.81 bits per heavy atom. The predicted molar refractivity (Wildman–Crippen MR) is 97.8 cm³/mol. The molecule has 0 bridgehead atoms. The maximum Gasteiger partial charge on any atom is 0.257 e. The van der Waals surface area contributed by atoms with Crippen LogP contribution in [-0.2, 0) is 5.75 Å². The van der Waals surface area contributed by atoms with E-state index in [0.29, 0.717) is 28.1 Å². The normalized spacial score (nSPS) is 11.0. The van der Waals surface area contributed by atoms with Crippen LogP contribution < -0.4 is 0 Å². The van der Waals surface area contributed by atoms with Crippen molar-refractivity contribution in [1.29, 1.82) is 0 Å². The summed E-state index contributed by atoms with van der Waals surface area (Å²) in [4.78, 5) is 8.71. The Kier molecular flexibility index (Phi) is 4.73. The van der Waals surface area contributed by atoms with Gasteiger partial charge in [0.25, 0.3) is 5.89 Å². The van der Waals surface area contributed by atoms with Gasteiger partial charge in [-0.2, -0.15) is 4.98 Å². The van der Waals surface area contributed by atoms with Crippen LogP contribution in [0.1, 0.15) is 5.82 Å². The second-order valence-corrected chi connectivity index (χ2v) is 6.75. The van der Waals surface area contributed by atoms with Crippen molar-refractivity contribution >= 4 is 23.4 Å². The van der Waals surface area contributed by atoms with Crippen LogP contribution in [0.25, 0.3) is 17.1 Å². The number of hydrogen-bond acceptors (Lipinski definition) is 5. The van der Waals surface area contributed by atoms with Crippen molar-refractivity contribution < 1.29 is 8.91 Å². The molecule has 0 aliphatic rings. The molecule has 2 aromatic carbocycles. The van der Waals surface area contributed by atoms with Gasteiger partial charge >= 0.3 is 0 Å². The highest BCUT2D eigenvalue weighted by atomic mass is 35.5. The number of nitrogens with zero attached hydrogens (tertiary/aromatic N) is 4. The average molecular weight is 387 g/mol. The van der Waals surface area contributed by atoms with Gasteiger partial charge in [0, 0.05) is 28.7 Å². The monoisotopic (exact) mass is 386 g/mol. The van der Waals surface area contributed by atoms with Gasteiger partial charge in [-0.1, -0.05) is 34.6 Å². The fraction of sp³-hybridized carbons (Fsp3) is 0.0556. The summed E-state index contributed by atoms with van der Waals surface area (Å²) in [5, 5.41) is 5.43. The van der Waals surface area contributed by atoms with Crippen molar-refractivity contribution in [2.75, 3.05) is 0 Å². The molecule has 8 heteroatoms. The first-order valence-electron chi connectivity index (χ1n) is 7.70. The zero-order chi connectivity index (χ0) is 17.9. The van der Waals surface area contributed by atoms with Crippen molar-refractivity contribution in [3.63, 3.8) is 0 Å². The van der Waals surface area contributed by atoms with Gasteiger partial charge in [0.2, 0.25) is 0 Å². The number of rotatable bonds is 5. The standard InChI is InChI=1S/C18H12ClFN4OS/c19-13-2-1-3-15(10-13)24-9-8-21-18(24)26-11-16-22-17(25-23-16)12-4-6-14(20)7-5-12/h1-10H,11H2. The van der Waals surface area contributed by atoms with E-state index in [4.69, 9.17) is 16.1 Å². The molecule has 0 N–H and O–H groups in total. The molecular formula is C18H12ClFN4OS. The molecule has 130 valence electrons. The van der Waals surface area contributed by atoms with Crippen LogP contribution in [0.2, 0.25) is 5.02 Å². The maximum atomic E-state index is 13.0. The smallest absolute Gasteiger partial charge is 0.257 e. The third kappa shape index (κ3) is 3.63. The van der Waals surface area contributed by atoms with E-state index in [-0.39, 0.29) is 5.82 Å². The first-order valence-corrected chi connectivity index (χ1v) is 9.06. The molecule has 0 saturated heterocycles. The van der Waals surface area contributed by atoms with E-state index in [1.54, 1.807) is 18.3 Å². The lowest BCUT2D eigenvalue weighted by Crippen LogP contribution is -1.95. The Bertz CT molecular complexity index is 1030. The number of hydrogen-bond donors (Lipinski definition) is 0. The Morgan fingerprint density at radius 2 is 2.00 bits per heavy atom. The summed E-state index contributed by atoms with van der Waals surface area (Å²) in [6.45, 7) is 0. The van der Waals surface area contributed by atoms with Gasteiger partial charge in [0.15, 0.2) is 11.0 Å². The van der Waals surface area contributed by atoms with E-state index >= 15 is 0 Å². The van der Waals surface area contributed by atoms with Crippen LogP contribution in [-0.4, -0.2) is 19.7 Å². The minimum absolute atomic E-state index is 0.308. The lowest BCUT2D eigenvalue weighted by molar-refractivity contribution is 0.425. The maximum absolute atomic E-state index is 13.0. The molecule has 0 radical (unpaired) electrons. The van der Waals surface area contributed by atoms with Crippen LogP contribution in [0.3, 0.4) is 0 Å². The highest BCUT2D eigenvalue weighted by Gasteiger charge is 2.12. The molecule has 0 fully saturated rings. The van der Waals surface area contributed by atoms with E-state index < -0.39 is 0 Å². The zero-order valence-electron chi connectivity index (χ0n) is 13.3. The van der Waals surface area contributed by atoms with Crippen LogP contribution >= 0.6 is 23.4 Å². The average Bonchev–Trinajstić information content (AvgIpc) is 3.30. The second-order valence-electron chi connectivity index (χ2n) is 5.37. The fourth-order valence-corrected chi connectivity index (χ4v) is 3.37. The number of halogens is 2. The van der Waals surface area contributed by atoms with Crippen molar-refractivity contribution in [3.05, 3.63) is 77.6 Å². The Balaban J connectivity index is 1.49. The summed E-state index contributed by atoms with van der Waals surface area (Å²) >= 11 is 7.54. The number of thioether (sulfide) groups is 1. The first kappa shape index (κ1) is 16.8. The number of aromatic nitrogens is 4. The molecule has 0 atom stereocenters. The molecular weight excluding hydrogens is 375 g/mol. The van der Waals surface area contributed by atoms with Gasteiger partial charge in [-0.15, -0.1) is 0 Å². The van der Waals surface area contributed by atoms with Crippen LogP contribution in [0, 0.1) is 5.82 Å². The summed E-state index contributed by atoms with van der Waals surface area (Å²) < 4.78 is 20.2. The molecule has 0 amide bonds. The first-order chi connectivity index (χ1) is 12.7. The zero-order valence-corrected chi connectivity index (χ0v) is 14.9. The van der Waals surface area contributed by atoms with E-state index in [9.17, 15) is 4.39 Å². The lowest BCUT2D eigenvalue weighted by atomic mass is 10.2. The van der Waals surface area contributed by atoms with Gasteiger partial charge in [0.05, 0.1) is 5.75 Å². The summed E-state index contributed by atoms with van der Waals surface area (Å²) in [7, 11) is 0. The Labute approximate surface area is 157 Å². The predicted octanol–water partition coefficient (Wildman–Crippen LogP) is 5.01. The Morgan fingerprint density at radius 1 is 1.15 bits per heavy atom. The molecule has 26 heavy (non-hydrogen) atoms. The minimum Gasteiger partial charge on any atom is -0.334 e. The number of benzene rings is 2. The summed E-state index contributed by atoms with van der Waals surface area (Å²) in [6.07, 6.45) is 3.59. The van der Waals surface area contributed by atoms with Crippen LogP contribution in [0.15, 0.2) is 70.6 Å². The van der Waals surface area contributed by atoms with Gasteiger partial charge in [-0.3, -0.25) is 4.57 Å². The highest BCUT2D eigenvalue weighted by Crippen LogP contribution is 2.25. The topological polar surface area (TPSA) is 56.7 Å². The van der Waals surface area contributed by atoms with Crippen molar-refractivity contribution in [3.8, 4) is 17.1 Å². The quantitative estimate of drug-likeness (QED) is 0.451. The van der Waals surface area contributed by atoms with Crippen LogP contribution in [0.5, 0.6) is 0 Å². The van der Waals surface area contributed by atoms with Gasteiger partial charge in [-0.05, 0) is 42.5 Å². The molecule has 0 aliphatic heterocycles. The SMILES string of the molecule is Fc1ccc(-c2nc(CSc3nccn3-c3cccc(Cl)c3)no2)cc1. The third-order valence-corrected chi connectivity index (χ3v) is 4.78. The molecule has 2 heterocycles. The largest absolute Gasteiger partial charge is 0.334 e. The molecule has 0 saturated carbocycles. The van der Waals surface area contributed by atoms with Crippen molar-refractivity contribution in [2.24, 2.45) is 0 Å². The molecule has 0 unspecified atom stereocenters. The van der Waals surface area contributed by atoms with E-state index in [1.165, 1.54) is 23.9 Å². The van der Waals surface area contributed by atoms with E-state index in [0.717, 1.165) is 10.8 Å². The van der Waals surface area contributed by atoms with Gasteiger partial charge in [-0.25, -0.2) is 9.37 Å². The molecule has 2 aromatic heterocycles. The van der Waals surface area contributed by atoms with Crippen LogP contribution in [0.4, 0.5) is 4.39 Å².